The lowest BCUT2D eigenvalue weighted by Crippen LogP contribution is -2.45. The van der Waals surface area contributed by atoms with Crippen molar-refractivity contribution in [2.45, 2.75) is 59.2 Å². The summed E-state index contributed by atoms with van der Waals surface area (Å²) < 4.78 is 21.0. The van der Waals surface area contributed by atoms with E-state index in [4.69, 9.17) is 18.3 Å². The van der Waals surface area contributed by atoms with Gasteiger partial charge in [-0.05, 0) is 38.3 Å². The summed E-state index contributed by atoms with van der Waals surface area (Å²) in [7, 11) is 1.23. The van der Waals surface area contributed by atoms with E-state index in [2.05, 4.69) is 19.2 Å². The molecule has 0 saturated carbocycles. The van der Waals surface area contributed by atoms with Crippen LogP contribution in [0.1, 0.15) is 40.5 Å². The Kier molecular flexibility index (Phi) is 11.2. The molecule has 1 N–H and O–H groups in total. The highest BCUT2D eigenvalue weighted by Crippen LogP contribution is 2.27. The molecule has 1 unspecified atom stereocenters. The summed E-state index contributed by atoms with van der Waals surface area (Å²) >= 11 is 0. The molecule has 0 radical (unpaired) electrons. The molecule has 0 bridgehead atoms. The Bertz CT molecular complexity index is 412. The highest BCUT2D eigenvalue weighted by Gasteiger charge is 2.33. The lowest BCUT2D eigenvalue weighted by molar-refractivity contribution is -0.152. The second-order valence-electron chi connectivity index (χ2n) is 6.90. The first-order chi connectivity index (χ1) is 11.6. The van der Waals surface area contributed by atoms with E-state index >= 15 is 0 Å². The number of carbonyl (C=O) groups is 2. The topological polar surface area (TPSA) is 83.1 Å². The predicted octanol–water partition coefficient (Wildman–Crippen LogP) is 2.24. The van der Waals surface area contributed by atoms with Crippen molar-refractivity contribution >= 4 is 20.5 Å². The molecule has 0 aliphatic carbocycles. The van der Waals surface area contributed by atoms with E-state index in [0.29, 0.717) is 6.54 Å². The molecule has 148 valence electrons. The van der Waals surface area contributed by atoms with Crippen molar-refractivity contribution in [1.82, 2.24) is 5.32 Å². The van der Waals surface area contributed by atoms with Gasteiger partial charge in [0, 0.05) is 20.8 Å². The number of hydrogen-bond donors (Lipinski definition) is 1. The zero-order valence-corrected chi connectivity index (χ0v) is 17.8. The van der Waals surface area contributed by atoms with Gasteiger partial charge in [0.25, 0.3) is 0 Å². The van der Waals surface area contributed by atoms with Gasteiger partial charge in [-0.25, -0.2) is 0 Å². The number of ether oxygens (including phenoxy) is 2. The number of esters is 2. The van der Waals surface area contributed by atoms with E-state index in [1.807, 2.05) is 6.55 Å². The first kappa shape index (κ1) is 24.0. The molecule has 0 aromatic rings. The maximum absolute atomic E-state index is 12.1. The molecule has 0 fully saturated rings. The zero-order valence-electron chi connectivity index (χ0n) is 16.8. The lowest BCUT2D eigenvalue weighted by atomic mass is 9.90. The number of hydrogen-bond acceptors (Lipinski definition) is 7. The third kappa shape index (κ3) is 9.93. The van der Waals surface area contributed by atoms with Gasteiger partial charge in [-0.2, -0.15) is 0 Å². The van der Waals surface area contributed by atoms with Gasteiger partial charge in [-0.15, -0.1) is 0 Å². The Morgan fingerprint density at radius 1 is 1.08 bits per heavy atom. The summed E-state index contributed by atoms with van der Waals surface area (Å²) in [4.78, 5) is 23.8. The van der Waals surface area contributed by atoms with Crippen molar-refractivity contribution in [3.8, 4) is 0 Å². The van der Waals surface area contributed by atoms with E-state index < -0.39 is 26.5 Å². The highest BCUT2D eigenvalue weighted by atomic mass is 28.4. The fraction of sp³-hybridized carbons (Fsp3) is 0.882. The number of nitrogens with one attached hydrogen (secondary N) is 1. The molecule has 0 aliphatic heterocycles. The molecular formula is C17H35NO6Si. The van der Waals surface area contributed by atoms with Gasteiger partial charge in [-0.3, -0.25) is 9.59 Å². The van der Waals surface area contributed by atoms with Crippen molar-refractivity contribution in [3.63, 3.8) is 0 Å². The van der Waals surface area contributed by atoms with Gasteiger partial charge in [0.2, 0.25) is 0 Å². The fourth-order valence-corrected chi connectivity index (χ4v) is 3.91. The monoisotopic (exact) mass is 377 g/mol. The van der Waals surface area contributed by atoms with Gasteiger partial charge >= 0.3 is 20.5 Å². The minimum absolute atomic E-state index is 0.0363. The summed E-state index contributed by atoms with van der Waals surface area (Å²) in [5, 5.41) is 3.16. The minimum atomic E-state index is -2.13. The zero-order chi connectivity index (χ0) is 19.5. The SMILES string of the molecule is CCOC(=O)CC(NCC(C)(C)CC[Si](C)(OC)OC)C(=O)OCC. The predicted molar refractivity (Wildman–Crippen MR) is 98.5 cm³/mol. The Labute approximate surface area is 153 Å². The summed E-state index contributed by atoms with van der Waals surface area (Å²) in [6, 6.07) is 0.142. The third-order valence-electron chi connectivity index (χ3n) is 4.19. The van der Waals surface area contributed by atoms with Crippen LogP contribution in [-0.2, 0) is 27.9 Å². The molecular weight excluding hydrogens is 342 g/mol. The fourth-order valence-electron chi connectivity index (χ4n) is 2.21. The first-order valence-corrected chi connectivity index (χ1v) is 11.3. The van der Waals surface area contributed by atoms with Gasteiger partial charge in [-0.1, -0.05) is 13.8 Å². The van der Waals surface area contributed by atoms with Gasteiger partial charge in [0.05, 0.1) is 19.6 Å². The average Bonchev–Trinajstić information content (AvgIpc) is 2.57. The molecule has 0 aromatic carbocycles. The second kappa shape index (κ2) is 11.6. The Morgan fingerprint density at radius 2 is 1.64 bits per heavy atom. The largest absolute Gasteiger partial charge is 0.466 e. The number of carbonyl (C=O) groups excluding carboxylic acids is 2. The van der Waals surface area contributed by atoms with Crippen molar-refractivity contribution < 1.29 is 27.9 Å². The van der Waals surface area contributed by atoms with Crippen LogP contribution in [0.15, 0.2) is 0 Å². The average molecular weight is 378 g/mol. The van der Waals surface area contributed by atoms with Crippen molar-refractivity contribution in [3.05, 3.63) is 0 Å². The molecule has 0 spiro atoms. The Hall–Kier alpha value is -0.963. The van der Waals surface area contributed by atoms with Crippen molar-refractivity contribution in [2.24, 2.45) is 5.41 Å². The quantitative estimate of drug-likeness (QED) is 0.389. The minimum Gasteiger partial charge on any atom is -0.466 e. The van der Waals surface area contributed by atoms with Crippen molar-refractivity contribution in [2.75, 3.05) is 34.0 Å². The van der Waals surface area contributed by atoms with Crippen LogP contribution in [0, 0.1) is 5.41 Å². The van der Waals surface area contributed by atoms with Gasteiger partial charge in [0.15, 0.2) is 0 Å². The van der Waals surface area contributed by atoms with Crippen LogP contribution in [0.2, 0.25) is 12.6 Å². The highest BCUT2D eigenvalue weighted by molar-refractivity contribution is 6.65. The number of rotatable bonds is 13. The molecule has 7 nitrogen and oxygen atoms in total. The Morgan fingerprint density at radius 3 is 2.12 bits per heavy atom. The summed E-state index contributed by atoms with van der Waals surface area (Å²) in [5.41, 5.74) is -0.0925. The smallest absolute Gasteiger partial charge is 0.334 e. The van der Waals surface area contributed by atoms with Gasteiger partial charge in [0.1, 0.15) is 6.04 Å². The molecule has 0 aliphatic rings. The molecule has 0 aromatic heterocycles. The maximum Gasteiger partial charge on any atom is 0.334 e. The van der Waals surface area contributed by atoms with E-state index in [-0.39, 0.29) is 25.0 Å². The van der Waals surface area contributed by atoms with Crippen LogP contribution in [-0.4, -0.2) is 60.5 Å². The Balaban J connectivity index is 4.72. The maximum atomic E-state index is 12.1. The van der Waals surface area contributed by atoms with Crippen LogP contribution in [0.3, 0.4) is 0 Å². The molecule has 25 heavy (non-hydrogen) atoms. The molecule has 0 rings (SSSR count). The summed E-state index contributed by atoms with van der Waals surface area (Å²) in [5.74, 6) is -0.844. The van der Waals surface area contributed by atoms with Gasteiger partial charge < -0.3 is 23.6 Å². The molecule has 1 atom stereocenters. The lowest BCUT2D eigenvalue weighted by Gasteiger charge is -2.31. The summed E-state index contributed by atoms with van der Waals surface area (Å²) in [6.45, 7) is 10.8. The van der Waals surface area contributed by atoms with Crippen LogP contribution < -0.4 is 5.32 Å². The van der Waals surface area contributed by atoms with E-state index in [0.717, 1.165) is 12.5 Å². The van der Waals surface area contributed by atoms with Crippen LogP contribution in [0.4, 0.5) is 0 Å². The molecule has 0 amide bonds. The van der Waals surface area contributed by atoms with Crippen LogP contribution in [0.25, 0.3) is 0 Å². The second-order valence-corrected chi connectivity index (χ2v) is 10.5. The first-order valence-electron chi connectivity index (χ1n) is 8.79. The molecule has 8 heteroatoms. The van der Waals surface area contributed by atoms with E-state index in [1.54, 1.807) is 28.1 Å². The van der Waals surface area contributed by atoms with E-state index in [1.165, 1.54) is 0 Å². The van der Waals surface area contributed by atoms with Crippen LogP contribution in [0.5, 0.6) is 0 Å². The van der Waals surface area contributed by atoms with E-state index in [9.17, 15) is 9.59 Å². The normalized spacial score (nSPS) is 13.4. The molecule has 0 saturated heterocycles. The summed E-state index contributed by atoms with van der Waals surface area (Å²) in [6.07, 6.45) is 0.838. The third-order valence-corrected chi connectivity index (χ3v) is 7.08. The standard InChI is InChI=1S/C17H35NO6Si/c1-8-23-15(19)12-14(16(20)24-9-2)18-13-17(3,4)10-11-25(7,21-5)22-6/h14,18H,8-13H2,1-7H3. The molecule has 0 heterocycles. The van der Waals surface area contributed by atoms with Crippen molar-refractivity contribution in [1.29, 1.82) is 0 Å². The van der Waals surface area contributed by atoms with Crippen LogP contribution >= 0.6 is 0 Å².